The van der Waals surface area contributed by atoms with Gasteiger partial charge in [0.05, 0.1) is 0 Å². The molecule has 17 heavy (non-hydrogen) atoms. The Bertz CT molecular complexity index is 557. The van der Waals surface area contributed by atoms with E-state index in [1.165, 1.54) is 11.4 Å². The minimum absolute atomic E-state index is 0.628. The maximum Gasteiger partial charge on any atom is 0.162 e. The normalized spacial score (nSPS) is 13.8. The quantitative estimate of drug-likeness (QED) is 0.750. The maximum absolute atomic E-state index is 5.60. The zero-order valence-electron chi connectivity index (χ0n) is 10.1. The van der Waals surface area contributed by atoms with Crippen LogP contribution in [-0.4, -0.2) is 17.8 Å². The molecule has 0 amide bonds. The van der Waals surface area contributed by atoms with Crippen molar-refractivity contribution in [3.05, 3.63) is 36.0 Å². The Morgan fingerprint density at radius 3 is 2.47 bits per heavy atom. The molecule has 0 saturated carbocycles. The summed E-state index contributed by atoms with van der Waals surface area (Å²) in [5.41, 5.74) is 3.60. The van der Waals surface area contributed by atoms with Crippen LogP contribution in [0.2, 0.25) is 0 Å². The number of ether oxygens (including phenoxy) is 2. The highest BCUT2D eigenvalue weighted by Gasteiger charge is 2.13. The molecule has 3 nitrogen and oxygen atoms in total. The van der Waals surface area contributed by atoms with Crippen LogP contribution in [0.3, 0.4) is 0 Å². The van der Waals surface area contributed by atoms with Gasteiger partial charge in [-0.15, -0.1) is 0 Å². The molecule has 1 aromatic carbocycles. The first-order valence-electron chi connectivity index (χ1n) is 5.78. The highest BCUT2D eigenvalue weighted by molar-refractivity contribution is 5.65. The van der Waals surface area contributed by atoms with Crippen molar-refractivity contribution in [1.29, 1.82) is 0 Å². The van der Waals surface area contributed by atoms with Gasteiger partial charge in [-0.2, -0.15) is 0 Å². The van der Waals surface area contributed by atoms with E-state index in [4.69, 9.17) is 9.47 Å². The third-order valence-corrected chi connectivity index (χ3v) is 3.21. The fourth-order valence-corrected chi connectivity index (χ4v) is 2.11. The van der Waals surface area contributed by atoms with Gasteiger partial charge in [0.1, 0.15) is 13.2 Å². The average Bonchev–Trinajstić information content (AvgIpc) is 2.70. The number of benzene rings is 1. The molecule has 2 aromatic rings. The van der Waals surface area contributed by atoms with Gasteiger partial charge in [-0.25, -0.2) is 0 Å². The Labute approximate surface area is 101 Å². The molecule has 2 heterocycles. The molecule has 0 aliphatic carbocycles. The van der Waals surface area contributed by atoms with Crippen LogP contribution in [0, 0.1) is 6.92 Å². The largest absolute Gasteiger partial charge is 0.486 e. The number of hydrogen-bond donors (Lipinski definition) is 0. The van der Waals surface area contributed by atoms with E-state index in [1.807, 2.05) is 12.1 Å². The SMILES string of the molecule is Cc1ccc(-c2ccc3c(c2)OCCO3)n1C. The maximum atomic E-state index is 5.60. The van der Waals surface area contributed by atoms with Crippen LogP contribution in [-0.2, 0) is 7.05 Å². The molecular weight excluding hydrogens is 214 g/mol. The molecule has 1 aliphatic rings. The van der Waals surface area contributed by atoms with Crippen molar-refractivity contribution in [1.82, 2.24) is 4.57 Å². The fourth-order valence-electron chi connectivity index (χ4n) is 2.11. The molecule has 1 aromatic heterocycles. The highest BCUT2D eigenvalue weighted by Crippen LogP contribution is 2.34. The topological polar surface area (TPSA) is 23.4 Å². The van der Waals surface area contributed by atoms with Crippen LogP contribution in [0.5, 0.6) is 11.5 Å². The lowest BCUT2D eigenvalue weighted by Crippen LogP contribution is -2.15. The van der Waals surface area contributed by atoms with Gasteiger partial charge in [0, 0.05) is 24.0 Å². The minimum Gasteiger partial charge on any atom is -0.486 e. The Kier molecular flexibility index (Phi) is 2.32. The zero-order chi connectivity index (χ0) is 11.8. The number of aromatic nitrogens is 1. The summed E-state index contributed by atoms with van der Waals surface area (Å²) in [5.74, 6) is 1.68. The number of aryl methyl sites for hydroxylation is 1. The summed E-state index contributed by atoms with van der Waals surface area (Å²) in [4.78, 5) is 0. The van der Waals surface area contributed by atoms with Crippen LogP contribution in [0.15, 0.2) is 30.3 Å². The molecule has 0 atom stereocenters. The molecule has 0 spiro atoms. The summed E-state index contributed by atoms with van der Waals surface area (Å²) < 4.78 is 13.3. The van der Waals surface area contributed by atoms with Crippen molar-refractivity contribution >= 4 is 0 Å². The summed E-state index contributed by atoms with van der Waals surface area (Å²) in [6.45, 7) is 3.36. The van der Waals surface area contributed by atoms with Gasteiger partial charge in [-0.1, -0.05) is 0 Å². The fraction of sp³-hybridized carbons (Fsp3) is 0.286. The van der Waals surface area contributed by atoms with Crippen LogP contribution in [0.1, 0.15) is 5.69 Å². The molecule has 0 saturated heterocycles. The van der Waals surface area contributed by atoms with Crippen LogP contribution in [0.25, 0.3) is 11.3 Å². The molecule has 1 aliphatic heterocycles. The Morgan fingerprint density at radius 2 is 1.76 bits per heavy atom. The number of hydrogen-bond acceptors (Lipinski definition) is 2. The molecule has 0 fully saturated rings. The second kappa shape index (κ2) is 3.84. The molecule has 0 radical (unpaired) electrons. The number of fused-ring (bicyclic) bond motifs is 1. The van der Waals surface area contributed by atoms with Gasteiger partial charge in [0.25, 0.3) is 0 Å². The summed E-state index contributed by atoms with van der Waals surface area (Å²) in [6, 6.07) is 10.3. The highest BCUT2D eigenvalue weighted by atomic mass is 16.6. The zero-order valence-corrected chi connectivity index (χ0v) is 10.1. The minimum atomic E-state index is 0.628. The predicted molar refractivity (Wildman–Crippen MR) is 66.6 cm³/mol. The van der Waals surface area contributed by atoms with Gasteiger partial charge in [0.2, 0.25) is 0 Å². The van der Waals surface area contributed by atoms with E-state index in [-0.39, 0.29) is 0 Å². The van der Waals surface area contributed by atoms with E-state index >= 15 is 0 Å². The van der Waals surface area contributed by atoms with Gasteiger partial charge < -0.3 is 14.0 Å². The van der Waals surface area contributed by atoms with Crippen LogP contribution in [0.4, 0.5) is 0 Å². The van der Waals surface area contributed by atoms with Crippen molar-refractivity contribution in [3.63, 3.8) is 0 Å². The predicted octanol–water partition coefficient (Wildman–Crippen LogP) is 2.77. The van der Waals surface area contributed by atoms with Crippen molar-refractivity contribution in [2.45, 2.75) is 6.92 Å². The molecule has 0 bridgehead atoms. The first-order chi connectivity index (χ1) is 8.25. The van der Waals surface area contributed by atoms with E-state index in [0.717, 1.165) is 17.1 Å². The monoisotopic (exact) mass is 229 g/mol. The van der Waals surface area contributed by atoms with Crippen molar-refractivity contribution in [3.8, 4) is 22.8 Å². The summed E-state index contributed by atoms with van der Waals surface area (Å²) in [6.07, 6.45) is 0. The molecule has 3 heteroatoms. The molecule has 3 rings (SSSR count). The van der Waals surface area contributed by atoms with E-state index in [2.05, 4.69) is 36.7 Å². The van der Waals surface area contributed by atoms with E-state index in [9.17, 15) is 0 Å². The second-order valence-electron chi connectivity index (χ2n) is 4.28. The van der Waals surface area contributed by atoms with Crippen molar-refractivity contribution < 1.29 is 9.47 Å². The smallest absolute Gasteiger partial charge is 0.162 e. The Hall–Kier alpha value is -1.90. The molecule has 0 unspecified atom stereocenters. The van der Waals surface area contributed by atoms with E-state index in [0.29, 0.717) is 13.2 Å². The standard InChI is InChI=1S/C14H15NO2/c1-10-3-5-12(15(10)2)11-4-6-13-14(9-11)17-8-7-16-13/h3-6,9H,7-8H2,1-2H3. The van der Waals surface area contributed by atoms with Crippen LogP contribution >= 0.6 is 0 Å². The molecule has 88 valence electrons. The van der Waals surface area contributed by atoms with E-state index < -0.39 is 0 Å². The van der Waals surface area contributed by atoms with Gasteiger partial charge in [-0.05, 0) is 37.3 Å². The summed E-state index contributed by atoms with van der Waals surface area (Å²) in [5, 5.41) is 0. The first kappa shape index (κ1) is 10.3. The van der Waals surface area contributed by atoms with Gasteiger partial charge in [0.15, 0.2) is 11.5 Å². The molecular formula is C14H15NO2. The first-order valence-corrected chi connectivity index (χ1v) is 5.78. The lowest BCUT2D eigenvalue weighted by Gasteiger charge is -2.19. The van der Waals surface area contributed by atoms with E-state index in [1.54, 1.807) is 0 Å². The van der Waals surface area contributed by atoms with Gasteiger partial charge in [-0.3, -0.25) is 0 Å². The van der Waals surface area contributed by atoms with Crippen LogP contribution < -0.4 is 9.47 Å². The third-order valence-electron chi connectivity index (χ3n) is 3.21. The average molecular weight is 229 g/mol. The van der Waals surface area contributed by atoms with Crippen molar-refractivity contribution in [2.24, 2.45) is 7.05 Å². The Morgan fingerprint density at radius 1 is 1.00 bits per heavy atom. The second-order valence-corrected chi connectivity index (χ2v) is 4.28. The molecule has 0 N–H and O–H groups in total. The number of rotatable bonds is 1. The Balaban J connectivity index is 2.07. The number of nitrogens with zero attached hydrogens (tertiary/aromatic N) is 1. The lowest BCUT2D eigenvalue weighted by atomic mass is 10.1. The summed E-state index contributed by atoms with van der Waals surface area (Å²) in [7, 11) is 2.07. The van der Waals surface area contributed by atoms with Crippen molar-refractivity contribution in [2.75, 3.05) is 13.2 Å². The van der Waals surface area contributed by atoms with Gasteiger partial charge >= 0.3 is 0 Å². The lowest BCUT2D eigenvalue weighted by molar-refractivity contribution is 0.171. The third kappa shape index (κ3) is 1.68. The summed E-state index contributed by atoms with van der Waals surface area (Å²) >= 11 is 0.